The fraction of sp³-hybridized carbons (Fsp3) is 0.452. The Bertz CT molecular complexity index is 4290. The van der Waals surface area contributed by atoms with Gasteiger partial charge in [0.25, 0.3) is 17.7 Å². The van der Waals surface area contributed by atoms with Crippen molar-refractivity contribution in [3.05, 3.63) is 275 Å². The second-order valence-electron chi connectivity index (χ2n) is 36.0. The number of hydrogen-bond donors (Lipinski definition) is 4. The summed E-state index contributed by atoms with van der Waals surface area (Å²) < 4.78 is 0. The Hall–Kier alpha value is -8.81. The monoisotopic (exact) mass is 1560 g/mol. The number of rotatable bonds is 38. The van der Waals surface area contributed by atoms with Crippen LogP contribution in [0.2, 0.25) is 0 Å². The van der Waals surface area contributed by atoms with Gasteiger partial charge in [0, 0.05) is 67.0 Å². The van der Waals surface area contributed by atoms with Gasteiger partial charge in [-0.25, -0.2) is 0 Å². The lowest BCUT2D eigenvalue weighted by Gasteiger charge is -2.25. The largest absolute Gasteiger partial charge is 0.349 e. The molecule has 0 aromatic heterocycles. The summed E-state index contributed by atoms with van der Waals surface area (Å²) in [5.74, 6) is 4.21. The first-order valence-corrected chi connectivity index (χ1v) is 42.8. The molecule has 0 bridgehead atoms. The summed E-state index contributed by atoms with van der Waals surface area (Å²) >= 11 is 0. The first-order valence-electron chi connectivity index (χ1n) is 42.8. The van der Waals surface area contributed by atoms with Crippen molar-refractivity contribution in [1.82, 2.24) is 40.9 Å². The van der Waals surface area contributed by atoms with E-state index in [-0.39, 0.29) is 35.8 Å². The van der Waals surface area contributed by atoms with Gasteiger partial charge in [0.05, 0.1) is 0 Å². The molecule has 0 fully saturated rings. The standard InChI is InChI=1S/C29H36N2O.C26H38N2O.C25H38N2.C24H34N2O/c1-22(2)18-24-12-8-13-25(19-24)26-14-9-15-27(20-26)29(32)30-28(21-31(3)4)17-16-23-10-6-5-7-11-23;1-19(2)15-21-9-7-10-22(17-21)23-11-8-12-24(18-23)26(29)27-25(16-20(3)4)13-14-28(5)6;1-19(2)13-21-9-7-11-23(15-21)24-12-8-10-22(16-24)17-26-25(14-20(3)4)18-27(5)6;1-17(2)13-19-9-7-10-20(14-19)21-11-8-12-22(15-21)24(27)25-23(18(3)4)16-26(5)6/h5-15,19-20,22,28H,16-18,21H2,1-4H3,(H,30,32);7-12,17-20,25H,13-16H2,1-6H3,(H,27,29);7-12,15-16,19-20,25-26H,13-14,17-18H2,1-6H3;7-12,14-15,17-18,23H,13,16H2,1-6H3,(H,25,27)/t28-;2*25-;23-/m0111/s1. The number of carbonyl (C=O) groups is 3. The molecule has 620 valence electrons. The molecule has 0 aliphatic carbocycles. The summed E-state index contributed by atoms with van der Waals surface area (Å²) in [7, 11) is 16.6. The highest BCUT2D eigenvalue weighted by Gasteiger charge is 2.22. The molecular weight excluding hydrogens is 1410 g/mol. The maximum Gasteiger partial charge on any atom is 0.251 e. The number of hydrogen-bond acceptors (Lipinski definition) is 8. The van der Waals surface area contributed by atoms with Gasteiger partial charge in [-0.05, 0) is 282 Å². The average Bonchev–Trinajstić information content (AvgIpc) is 0.842. The van der Waals surface area contributed by atoms with Crippen molar-refractivity contribution < 1.29 is 14.4 Å². The van der Waals surface area contributed by atoms with E-state index in [9.17, 15) is 14.4 Å². The van der Waals surface area contributed by atoms with Crippen LogP contribution in [0.15, 0.2) is 224 Å². The molecule has 115 heavy (non-hydrogen) atoms. The zero-order chi connectivity index (χ0) is 84.1. The minimum Gasteiger partial charge on any atom is -0.349 e. The molecule has 0 unspecified atom stereocenters. The molecule has 0 saturated heterocycles. The molecule has 4 N–H and O–H groups in total. The predicted molar refractivity (Wildman–Crippen MR) is 493 cm³/mol. The van der Waals surface area contributed by atoms with Gasteiger partial charge in [0.2, 0.25) is 0 Å². The smallest absolute Gasteiger partial charge is 0.251 e. The zero-order valence-electron chi connectivity index (χ0n) is 74.6. The molecule has 9 rings (SSSR count). The summed E-state index contributed by atoms with van der Waals surface area (Å²) in [6.45, 7) is 35.9. The first-order chi connectivity index (χ1) is 54.7. The van der Waals surface area contributed by atoms with Crippen molar-refractivity contribution in [3.63, 3.8) is 0 Å². The molecule has 11 heteroatoms. The molecule has 0 aliphatic rings. The fourth-order valence-corrected chi connectivity index (χ4v) is 14.7. The Balaban J connectivity index is 0.000000239. The van der Waals surface area contributed by atoms with Crippen molar-refractivity contribution in [2.24, 2.45) is 41.4 Å². The summed E-state index contributed by atoms with van der Waals surface area (Å²) in [5.41, 5.74) is 19.6. The van der Waals surface area contributed by atoms with Gasteiger partial charge >= 0.3 is 0 Å². The van der Waals surface area contributed by atoms with Crippen LogP contribution >= 0.6 is 0 Å². The normalized spacial score (nSPS) is 12.6. The van der Waals surface area contributed by atoms with Crippen LogP contribution < -0.4 is 21.3 Å². The molecule has 0 spiro atoms. The molecule has 4 atom stereocenters. The van der Waals surface area contributed by atoms with Crippen molar-refractivity contribution in [2.45, 2.75) is 185 Å². The molecule has 0 saturated carbocycles. The Morgan fingerprint density at radius 3 is 0.930 bits per heavy atom. The zero-order valence-corrected chi connectivity index (χ0v) is 74.6. The summed E-state index contributed by atoms with van der Waals surface area (Å²) in [6, 6.07) is 79.2. The van der Waals surface area contributed by atoms with Gasteiger partial charge in [-0.3, -0.25) is 14.4 Å². The number of nitrogens with zero attached hydrogens (tertiary/aromatic N) is 4. The quantitative estimate of drug-likeness (QED) is 0.0303. The summed E-state index contributed by atoms with van der Waals surface area (Å²) in [5, 5.41) is 13.5. The van der Waals surface area contributed by atoms with Gasteiger partial charge in [-0.1, -0.05) is 279 Å². The Labute approximate surface area is 697 Å². The lowest BCUT2D eigenvalue weighted by Crippen LogP contribution is -2.45. The van der Waals surface area contributed by atoms with Crippen molar-refractivity contribution in [2.75, 3.05) is 82.6 Å². The summed E-state index contributed by atoms with van der Waals surface area (Å²) in [6.07, 6.45) is 9.34. The van der Waals surface area contributed by atoms with E-state index in [1.165, 1.54) is 56.5 Å². The maximum atomic E-state index is 13.1. The van der Waals surface area contributed by atoms with Crippen LogP contribution in [0.5, 0.6) is 0 Å². The van der Waals surface area contributed by atoms with Crippen LogP contribution in [0.25, 0.3) is 44.5 Å². The van der Waals surface area contributed by atoms with E-state index >= 15 is 0 Å². The highest BCUT2D eigenvalue weighted by molar-refractivity contribution is 5.97. The Morgan fingerprint density at radius 1 is 0.287 bits per heavy atom. The van der Waals surface area contributed by atoms with E-state index in [1.807, 2.05) is 88.9 Å². The number of nitrogens with one attached hydrogen (secondary N) is 4. The third-order valence-corrected chi connectivity index (χ3v) is 20.1. The highest BCUT2D eigenvalue weighted by Crippen LogP contribution is 2.29. The van der Waals surface area contributed by atoms with Crippen LogP contribution in [0.4, 0.5) is 0 Å². The summed E-state index contributed by atoms with van der Waals surface area (Å²) in [4.78, 5) is 47.6. The fourth-order valence-electron chi connectivity index (χ4n) is 14.7. The molecule has 11 nitrogen and oxygen atoms in total. The molecule has 0 radical (unpaired) electrons. The molecule has 0 heterocycles. The van der Waals surface area contributed by atoms with Gasteiger partial charge < -0.3 is 40.9 Å². The Morgan fingerprint density at radius 2 is 0.591 bits per heavy atom. The topological polar surface area (TPSA) is 112 Å². The van der Waals surface area contributed by atoms with E-state index in [1.54, 1.807) is 0 Å². The van der Waals surface area contributed by atoms with E-state index in [4.69, 9.17) is 0 Å². The molecule has 0 aliphatic heterocycles. The lowest BCUT2D eigenvalue weighted by molar-refractivity contribution is 0.0911. The van der Waals surface area contributed by atoms with E-state index < -0.39 is 0 Å². The van der Waals surface area contributed by atoms with Crippen LogP contribution in [0.3, 0.4) is 0 Å². The third-order valence-electron chi connectivity index (χ3n) is 20.1. The van der Waals surface area contributed by atoms with E-state index in [0.717, 1.165) is 117 Å². The predicted octanol–water partition coefficient (Wildman–Crippen LogP) is 22.0. The molecule has 9 aromatic carbocycles. The minimum atomic E-state index is -0.00917. The second-order valence-corrected chi connectivity index (χ2v) is 36.0. The molecule has 9 aromatic rings. The number of likely N-dealkylation sites (N-methyl/N-ethyl adjacent to an activating group) is 3. The van der Waals surface area contributed by atoms with E-state index in [0.29, 0.717) is 58.6 Å². The van der Waals surface area contributed by atoms with Crippen LogP contribution in [-0.4, -0.2) is 144 Å². The average molecular weight is 1560 g/mol. The SMILES string of the molecule is CC(C)Cc1cccc(-c2cccc(C(=O)N[C@@H](CCc3ccccc3)CN(C)C)c2)c1.CC(C)Cc1cccc(-c2cccc(C(=O)N[C@H](CCN(C)C)CC(C)C)c2)c1.CC(C)Cc1cccc(-c2cccc(C(=O)N[C@H](CN(C)C)C(C)C)c2)c1.CC(C)Cc1cccc(-c2cccc(CN[C@H](CC(C)C)CN(C)C)c2)c1. The van der Waals surface area contributed by atoms with Gasteiger partial charge in [-0.15, -0.1) is 0 Å². The number of benzene rings is 9. The van der Waals surface area contributed by atoms with Gasteiger partial charge in [-0.2, -0.15) is 0 Å². The molecule has 3 amide bonds. The Kier molecular flexibility index (Phi) is 41.3. The lowest BCUT2D eigenvalue weighted by atomic mass is 9.96. The maximum absolute atomic E-state index is 13.1. The first kappa shape index (κ1) is 95.0. The van der Waals surface area contributed by atoms with Crippen LogP contribution in [-0.2, 0) is 38.6 Å². The van der Waals surface area contributed by atoms with Gasteiger partial charge in [0.1, 0.15) is 0 Å². The van der Waals surface area contributed by atoms with Crippen molar-refractivity contribution >= 4 is 17.7 Å². The van der Waals surface area contributed by atoms with Crippen LogP contribution in [0, 0.1) is 41.4 Å². The number of aryl methyl sites for hydroxylation is 1. The number of carbonyl (C=O) groups excluding carboxylic acids is 3. The van der Waals surface area contributed by atoms with Crippen molar-refractivity contribution in [1.29, 1.82) is 0 Å². The van der Waals surface area contributed by atoms with E-state index in [2.05, 4.69) is 330 Å². The second kappa shape index (κ2) is 50.0. The third kappa shape index (κ3) is 36.9. The minimum absolute atomic E-state index is 0.00395. The van der Waals surface area contributed by atoms with Crippen molar-refractivity contribution in [3.8, 4) is 44.5 Å². The molecular formula is C104H146N8O3. The van der Waals surface area contributed by atoms with Crippen LogP contribution in [0.1, 0.15) is 187 Å². The number of amides is 3. The highest BCUT2D eigenvalue weighted by atomic mass is 16.2. The van der Waals surface area contributed by atoms with Gasteiger partial charge in [0.15, 0.2) is 0 Å².